The van der Waals surface area contributed by atoms with Crippen LogP contribution in [0.25, 0.3) is 121 Å². The lowest BCUT2D eigenvalue weighted by atomic mass is 9.95. The van der Waals surface area contributed by atoms with E-state index in [-0.39, 0.29) is 0 Å². The molecule has 2 aromatic heterocycles. The van der Waals surface area contributed by atoms with E-state index in [0.29, 0.717) is 17.5 Å². The van der Waals surface area contributed by atoms with Gasteiger partial charge in [-0.15, -0.1) is 0 Å². The number of nitrogens with zero attached hydrogens (tertiary/aromatic N) is 3. The molecule has 264 valence electrons. The highest BCUT2D eigenvalue weighted by Gasteiger charge is 2.22. The SMILES string of the molecule is c1ccc2cc(-c3ccc(-c4nc(-c5ccc6ccccc6c5)nc(-c5cc6ccc7ccccc7c6c6oc7cc8ccccc8cc7c56)n4)cc3)ccc2c1. The molecule has 0 spiro atoms. The van der Waals surface area contributed by atoms with Crippen LogP contribution in [0.2, 0.25) is 0 Å². The summed E-state index contributed by atoms with van der Waals surface area (Å²) in [6, 6.07) is 66.4. The van der Waals surface area contributed by atoms with Crippen LogP contribution in [0, 0.1) is 0 Å². The van der Waals surface area contributed by atoms with Crippen LogP contribution < -0.4 is 0 Å². The second-order valence-corrected chi connectivity index (χ2v) is 14.8. The van der Waals surface area contributed by atoms with E-state index in [2.05, 4.69) is 188 Å². The molecular weight excluding hydrogens is 695 g/mol. The maximum Gasteiger partial charge on any atom is 0.164 e. The molecule has 12 rings (SSSR count). The fourth-order valence-corrected chi connectivity index (χ4v) is 8.56. The van der Waals surface area contributed by atoms with Gasteiger partial charge in [0, 0.05) is 32.8 Å². The molecule has 2 heterocycles. The van der Waals surface area contributed by atoms with Crippen molar-refractivity contribution in [1.29, 1.82) is 0 Å². The first-order valence-corrected chi connectivity index (χ1v) is 19.2. The van der Waals surface area contributed by atoms with Gasteiger partial charge in [-0.3, -0.25) is 0 Å². The second-order valence-electron chi connectivity index (χ2n) is 14.8. The number of rotatable bonds is 4. The summed E-state index contributed by atoms with van der Waals surface area (Å²) in [5.41, 5.74) is 6.71. The van der Waals surface area contributed by atoms with E-state index in [1.165, 1.54) is 21.7 Å². The fraction of sp³-hybridized carbons (Fsp3) is 0. The van der Waals surface area contributed by atoms with Gasteiger partial charge in [0.15, 0.2) is 17.5 Å². The van der Waals surface area contributed by atoms with Crippen molar-refractivity contribution in [2.45, 2.75) is 0 Å². The number of hydrogen-bond acceptors (Lipinski definition) is 4. The lowest BCUT2D eigenvalue weighted by Gasteiger charge is -2.12. The van der Waals surface area contributed by atoms with E-state index >= 15 is 0 Å². The van der Waals surface area contributed by atoms with E-state index in [1.807, 2.05) is 0 Å². The zero-order chi connectivity index (χ0) is 37.5. The highest BCUT2D eigenvalue weighted by molar-refractivity contribution is 6.27. The van der Waals surface area contributed by atoms with Crippen LogP contribution in [-0.4, -0.2) is 15.0 Å². The van der Waals surface area contributed by atoms with Gasteiger partial charge in [0.1, 0.15) is 11.2 Å². The largest absolute Gasteiger partial charge is 0.455 e. The minimum absolute atomic E-state index is 0.595. The molecule has 0 aliphatic heterocycles. The zero-order valence-electron chi connectivity index (χ0n) is 30.6. The molecule has 0 bridgehead atoms. The molecule has 12 aromatic rings. The topological polar surface area (TPSA) is 51.8 Å². The molecule has 57 heavy (non-hydrogen) atoms. The lowest BCUT2D eigenvalue weighted by Crippen LogP contribution is -2.01. The molecule has 0 saturated carbocycles. The summed E-state index contributed by atoms with van der Waals surface area (Å²) in [5.74, 6) is 1.82. The van der Waals surface area contributed by atoms with E-state index in [9.17, 15) is 0 Å². The van der Waals surface area contributed by atoms with Gasteiger partial charge < -0.3 is 4.42 Å². The average Bonchev–Trinajstić information content (AvgIpc) is 3.65. The van der Waals surface area contributed by atoms with Crippen LogP contribution in [-0.2, 0) is 0 Å². The normalized spacial score (nSPS) is 11.9. The summed E-state index contributed by atoms with van der Waals surface area (Å²) in [7, 11) is 0. The van der Waals surface area contributed by atoms with E-state index in [1.54, 1.807) is 0 Å². The van der Waals surface area contributed by atoms with Crippen LogP contribution in [0.1, 0.15) is 0 Å². The quantitative estimate of drug-likeness (QED) is 0.170. The molecule has 0 N–H and O–H groups in total. The predicted octanol–water partition coefficient (Wildman–Crippen LogP) is 14.2. The van der Waals surface area contributed by atoms with Crippen LogP contribution in [0.4, 0.5) is 0 Å². The molecule has 4 heteroatoms. The molecule has 4 nitrogen and oxygen atoms in total. The van der Waals surface area contributed by atoms with Crippen LogP contribution >= 0.6 is 0 Å². The van der Waals surface area contributed by atoms with Crippen LogP contribution in [0.3, 0.4) is 0 Å². The summed E-state index contributed by atoms with van der Waals surface area (Å²) >= 11 is 0. The molecule has 0 atom stereocenters. The molecule has 0 unspecified atom stereocenters. The Morgan fingerprint density at radius 1 is 0.298 bits per heavy atom. The van der Waals surface area contributed by atoms with Gasteiger partial charge in [-0.2, -0.15) is 0 Å². The number of hydrogen-bond donors (Lipinski definition) is 0. The monoisotopic (exact) mass is 725 g/mol. The lowest BCUT2D eigenvalue weighted by molar-refractivity contribution is 0.673. The van der Waals surface area contributed by atoms with Gasteiger partial charge in [0.25, 0.3) is 0 Å². The van der Waals surface area contributed by atoms with Crippen LogP contribution in [0.15, 0.2) is 192 Å². The van der Waals surface area contributed by atoms with Crippen molar-refractivity contribution in [1.82, 2.24) is 15.0 Å². The molecule has 0 radical (unpaired) electrons. The Hall–Kier alpha value is -7.69. The minimum atomic E-state index is 0.595. The van der Waals surface area contributed by atoms with Gasteiger partial charge in [0.05, 0.1) is 0 Å². The third-order valence-corrected chi connectivity index (χ3v) is 11.4. The van der Waals surface area contributed by atoms with Crippen molar-refractivity contribution in [3.05, 3.63) is 188 Å². The molecule has 0 amide bonds. The van der Waals surface area contributed by atoms with E-state index < -0.39 is 0 Å². The molecule has 0 aliphatic carbocycles. The maximum atomic E-state index is 6.93. The van der Waals surface area contributed by atoms with Crippen molar-refractivity contribution in [3.8, 4) is 45.3 Å². The van der Waals surface area contributed by atoms with Crippen LogP contribution in [0.5, 0.6) is 0 Å². The molecule has 0 saturated heterocycles. The second kappa shape index (κ2) is 12.4. The summed E-state index contributed by atoms with van der Waals surface area (Å²) in [4.78, 5) is 15.8. The Morgan fingerprint density at radius 2 is 0.789 bits per heavy atom. The van der Waals surface area contributed by atoms with Gasteiger partial charge in [0.2, 0.25) is 0 Å². The molecule has 10 aromatic carbocycles. The summed E-state index contributed by atoms with van der Waals surface area (Å²) < 4.78 is 6.93. The van der Waals surface area contributed by atoms with Gasteiger partial charge in [-0.25, -0.2) is 15.0 Å². The molecular formula is C53H31N3O. The first-order valence-electron chi connectivity index (χ1n) is 19.2. The molecule has 0 fully saturated rings. The third-order valence-electron chi connectivity index (χ3n) is 11.4. The van der Waals surface area contributed by atoms with Gasteiger partial charge in [-0.05, 0) is 89.9 Å². The Morgan fingerprint density at radius 3 is 1.51 bits per heavy atom. The number of benzene rings is 10. The average molecular weight is 726 g/mol. The van der Waals surface area contributed by atoms with Crippen molar-refractivity contribution in [2.24, 2.45) is 0 Å². The Kier molecular flexibility index (Phi) is 6.89. The van der Waals surface area contributed by atoms with E-state index in [0.717, 1.165) is 81.9 Å². The molecule has 0 aliphatic rings. The van der Waals surface area contributed by atoms with Gasteiger partial charge in [-0.1, -0.05) is 158 Å². The maximum absolute atomic E-state index is 6.93. The number of aromatic nitrogens is 3. The Bertz CT molecular complexity index is 3580. The number of furan rings is 1. The third kappa shape index (κ3) is 5.19. The Labute approximate surface area is 327 Å². The summed E-state index contributed by atoms with van der Waals surface area (Å²) in [5, 5.41) is 13.5. The van der Waals surface area contributed by atoms with Gasteiger partial charge >= 0.3 is 0 Å². The first kappa shape index (κ1) is 31.6. The van der Waals surface area contributed by atoms with Crippen molar-refractivity contribution in [3.63, 3.8) is 0 Å². The van der Waals surface area contributed by atoms with Crippen molar-refractivity contribution in [2.75, 3.05) is 0 Å². The minimum Gasteiger partial charge on any atom is -0.455 e. The zero-order valence-corrected chi connectivity index (χ0v) is 30.6. The first-order chi connectivity index (χ1) is 28.2. The smallest absolute Gasteiger partial charge is 0.164 e. The summed E-state index contributed by atoms with van der Waals surface area (Å²) in [6.07, 6.45) is 0. The summed E-state index contributed by atoms with van der Waals surface area (Å²) in [6.45, 7) is 0. The fourth-order valence-electron chi connectivity index (χ4n) is 8.56. The Balaban J connectivity index is 1.12. The highest BCUT2D eigenvalue weighted by atomic mass is 16.3. The predicted molar refractivity (Wildman–Crippen MR) is 236 cm³/mol. The number of fused-ring (bicyclic) bond motifs is 10. The van der Waals surface area contributed by atoms with Crippen molar-refractivity contribution < 1.29 is 4.42 Å². The highest BCUT2D eigenvalue weighted by Crippen LogP contribution is 2.44. The van der Waals surface area contributed by atoms with Crippen molar-refractivity contribution >= 4 is 75.8 Å². The standard InChI is InChI=1S/C53H31N3O/c1-3-12-37-27-41(24-19-32(37)9-1)34-17-22-36(23-18-34)51-54-52(43-26-20-33-10-2-4-13-38(33)28-43)56-53(55-51)46-30-42-25-21-35-11-7-8-16-44(35)48(42)50-49(46)45-29-39-14-5-6-15-40(39)31-47(45)57-50/h1-31H. The van der Waals surface area contributed by atoms with E-state index in [4.69, 9.17) is 19.4 Å².